The number of carbonyl (C=O) groups excluding carboxylic acids is 1. The Bertz CT molecular complexity index is 306. The van der Waals surface area contributed by atoms with Crippen LogP contribution in [0.5, 0.6) is 0 Å². The van der Waals surface area contributed by atoms with Crippen molar-refractivity contribution in [3.8, 4) is 0 Å². The van der Waals surface area contributed by atoms with Crippen molar-refractivity contribution in [3.63, 3.8) is 0 Å². The second-order valence-electron chi connectivity index (χ2n) is 3.08. The fraction of sp³-hybridized carbons (Fsp3) is 0.300. The van der Waals surface area contributed by atoms with E-state index < -0.39 is 0 Å². The minimum Gasteiger partial charge on any atom is -0.398 e. The van der Waals surface area contributed by atoms with Gasteiger partial charge in [-0.3, -0.25) is 4.79 Å². The van der Waals surface area contributed by atoms with Crippen molar-refractivity contribution < 1.29 is 4.79 Å². The molecule has 1 aromatic carbocycles. The lowest BCUT2D eigenvalue weighted by Gasteiger charge is -2.05. The first-order valence-corrected chi connectivity index (χ1v) is 3.90. The number of nitrogen functional groups attached to an aromatic ring is 1. The zero-order valence-electron chi connectivity index (χ0n) is 7.64. The molecule has 0 aliphatic rings. The molecule has 0 aliphatic carbocycles. The van der Waals surface area contributed by atoms with E-state index in [1.165, 1.54) is 0 Å². The summed E-state index contributed by atoms with van der Waals surface area (Å²) in [4.78, 5) is 11.0. The van der Waals surface area contributed by atoms with Crippen LogP contribution in [0.2, 0.25) is 0 Å². The molecule has 0 amide bonds. The van der Waals surface area contributed by atoms with E-state index in [0.29, 0.717) is 0 Å². The van der Waals surface area contributed by atoms with Crippen LogP contribution in [-0.2, 0) is 0 Å². The van der Waals surface area contributed by atoms with Gasteiger partial charge in [0.05, 0.1) is 0 Å². The van der Waals surface area contributed by atoms with Crippen LogP contribution in [0.4, 0.5) is 5.69 Å². The van der Waals surface area contributed by atoms with E-state index in [4.69, 9.17) is 5.73 Å². The SMILES string of the molecule is CC(=O)c1cc(C)c(N)c(C)c1. The highest BCUT2D eigenvalue weighted by Gasteiger charge is 2.04. The standard InChI is InChI=1S/C10H13NO/c1-6-4-9(8(3)12)5-7(2)10(6)11/h4-5H,11H2,1-3H3. The van der Waals surface area contributed by atoms with Crippen molar-refractivity contribution >= 4 is 11.5 Å². The number of ketones is 1. The Morgan fingerprint density at radius 1 is 1.25 bits per heavy atom. The molecule has 1 aromatic rings. The summed E-state index contributed by atoms with van der Waals surface area (Å²) < 4.78 is 0. The monoisotopic (exact) mass is 163 g/mol. The summed E-state index contributed by atoms with van der Waals surface area (Å²) in [6, 6.07) is 3.65. The highest BCUT2D eigenvalue weighted by atomic mass is 16.1. The molecular weight excluding hydrogens is 150 g/mol. The van der Waals surface area contributed by atoms with Crippen LogP contribution in [0, 0.1) is 13.8 Å². The van der Waals surface area contributed by atoms with Gasteiger partial charge in [-0.25, -0.2) is 0 Å². The minimum atomic E-state index is 0.0844. The first kappa shape index (κ1) is 8.78. The maximum Gasteiger partial charge on any atom is 0.159 e. The molecule has 0 aliphatic heterocycles. The predicted molar refractivity (Wildman–Crippen MR) is 50.3 cm³/mol. The summed E-state index contributed by atoms with van der Waals surface area (Å²) in [7, 11) is 0. The van der Waals surface area contributed by atoms with Crippen molar-refractivity contribution in [3.05, 3.63) is 28.8 Å². The van der Waals surface area contributed by atoms with Crippen LogP contribution in [0.15, 0.2) is 12.1 Å². The largest absolute Gasteiger partial charge is 0.398 e. The molecule has 2 heteroatoms. The molecule has 2 N–H and O–H groups in total. The predicted octanol–water partition coefficient (Wildman–Crippen LogP) is 2.09. The number of anilines is 1. The smallest absolute Gasteiger partial charge is 0.159 e. The number of Topliss-reactive ketones (excluding diaryl/α,β-unsaturated/α-hetero) is 1. The molecule has 1 rings (SSSR count). The highest BCUT2D eigenvalue weighted by Crippen LogP contribution is 2.18. The quantitative estimate of drug-likeness (QED) is 0.509. The van der Waals surface area contributed by atoms with E-state index in [0.717, 1.165) is 22.4 Å². The topological polar surface area (TPSA) is 43.1 Å². The second-order valence-corrected chi connectivity index (χ2v) is 3.08. The van der Waals surface area contributed by atoms with Crippen LogP contribution >= 0.6 is 0 Å². The second kappa shape index (κ2) is 2.97. The zero-order valence-corrected chi connectivity index (χ0v) is 7.64. The molecule has 0 atom stereocenters. The number of benzene rings is 1. The molecule has 64 valence electrons. The van der Waals surface area contributed by atoms with E-state index in [2.05, 4.69) is 0 Å². The fourth-order valence-electron chi connectivity index (χ4n) is 1.18. The Hall–Kier alpha value is -1.31. The molecular formula is C10H13NO. The van der Waals surface area contributed by atoms with Crippen molar-refractivity contribution in [1.29, 1.82) is 0 Å². The summed E-state index contributed by atoms with van der Waals surface area (Å²) in [6.07, 6.45) is 0. The van der Waals surface area contributed by atoms with Gasteiger partial charge < -0.3 is 5.73 Å². The summed E-state index contributed by atoms with van der Waals surface area (Å²) in [5, 5.41) is 0. The lowest BCUT2D eigenvalue weighted by atomic mass is 10.0. The van der Waals surface area contributed by atoms with Crippen LogP contribution in [0.3, 0.4) is 0 Å². The summed E-state index contributed by atoms with van der Waals surface area (Å²) in [6.45, 7) is 5.38. The molecule has 2 nitrogen and oxygen atoms in total. The highest BCUT2D eigenvalue weighted by molar-refractivity contribution is 5.95. The van der Waals surface area contributed by atoms with Gasteiger partial charge in [0.2, 0.25) is 0 Å². The Kier molecular flexibility index (Phi) is 2.18. The van der Waals surface area contributed by atoms with Crippen LogP contribution in [-0.4, -0.2) is 5.78 Å². The molecule has 0 spiro atoms. The normalized spacial score (nSPS) is 9.92. The van der Waals surface area contributed by atoms with Gasteiger partial charge in [-0.1, -0.05) is 0 Å². The van der Waals surface area contributed by atoms with Gasteiger partial charge in [-0.05, 0) is 44.0 Å². The molecule has 0 saturated heterocycles. The average Bonchev–Trinajstić information content (AvgIpc) is 1.99. The first-order valence-electron chi connectivity index (χ1n) is 3.90. The van der Waals surface area contributed by atoms with Gasteiger partial charge in [-0.2, -0.15) is 0 Å². The Labute approximate surface area is 72.4 Å². The maximum atomic E-state index is 11.0. The van der Waals surface area contributed by atoms with Gasteiger partial charge in [-0.15, -0.1) is 0 Å². The lowest BCUT2D eigenvalue weighted by Crippen LogP contribution is -1.99. The first-order chi connectivity index (χ1) is 5.52. The van der Waals surface area contributed by atoms with Gasteiger partial charge in [0.25, 0.3) is 0 Å². The number of carbonyl (C=O) groups is 1. The number of hydrogen-bond donors (Lipinski definition) is 1. The third-order valence-corrected chi connectivity index (χ3v) is 2.00. The molecule has 0 radical (unpaired) electrons. The maximum absolute atomic E-state index is 11.0. The van der Waals surface area contributed by atoms with Crippen molar-refractivity contribution in [1.82, 2.24) is 0 Å². The van der Waals surface area contributed by atoms with E-state index in [1.54, 1.807) is 6.92 Å². The molecule has 12 heavy (non-hydrogen) atoms. The van der Waals surface area contributed by atoms with E-state index in [9.17, 15) is 4.79 Å². The van der Waals surface area contributed by atoms with Gasteiger partial charge in [0, 0.05) is 11.3 Å². The fourth-order valence-corrected chi connectivity index (χ4v) is 1.18. The number of aryl methyl sites for hydroxylation is 2. The third kappa shape index (κ3) is 1.47. The molecule has 0 saturated carbocycles. The number of rotatable bonds is 1. The molecule has 0 unspecified atom stereocenters. The minimum absolute atomic E-state index is 0.0844. The Balaban J connectivity index is 3.31. The van der Waals surface area contributed by atoms with Gasteiger partial charge in [0.1, 0.15) is 0 Å². The molecule has 0 fully saturated rings. The summed E-state index contributed by atoms with van der Waals surface area (Å²) in [5.74, 6) is 0.0844. The van der Waals surface area contributed by atoms with Crippen molar-refractivity contribution in [2.75, 3.05) is 5.73 Å². The third-order valence-electron chi connectivity index (χ3n) is 2.00. The summed E-state index contributed by atoms with van der Waals surface area (Å²) >= 11 is 0. The van der Waals surface area contributed by atoms with Crippen LogP contribution in [0.1, 0.15) is 28.4 Å². The lowest BCUT2D eigenvalue weighted by molar-refractivity contribution is 0.101. The van der Waals surface area contributed by atoms with E-state index in [1.807, 2.05) is 26.0 Å². The van der Waals surface area contributed by atoms with Crippen LogP contribution in [0.25, 0.3) is 0 Å². The zero-order chi connectivity index (χ0) is 9.30. The van der Waals surface area contributed by atoms with Crippen molar-refractivity contribution in [2.24, 2.45) is 0 Å². The van der Waals surface area contributed by atoms with Crippen LogP contribution < -0.4 is 5.73 Å². The Morgan fingerprint density at radius 2 is 1.67 bits per heavy atom. The number of nitrogens with two attached hydrogens (primary N) is 1. The number of hydrogen-bond acceptors (Lipinski definition) is 2. The average molecular weight is 163 g/mol. The summed E-state index contributed by atoms with van der Waals surface area (Å²) in [5.41, 5.74) is 9.20. The molecule has 0 bridgehead atoms. The van der Waals surface area contributed by atoms with E-state index in [-0.39, 0.29) is 5.78 Å². The Morgan fingerprint density at radius 3 is 2.00 bits per heavy atom. The van der Waals surface area contributed by atoms with Gasteiger partial charge in [0.15, 0.2) is 5.78 Å². The van der Waals surface area contributed by atoms with E-state index >= 15 is 0 Å². The molecule has 0 aromatic heterocycles. The molecule has 0 heterocycles. The van der Waals surface area contributed by atoms with Gasteiger partial charge >= 0.3 is 0 Å². The van der Waals surface area contributed by atoms with Crippen molar-refractivity contribution in [2.45, 2.75) is 20.8 Å².